The molecule has 0 bridgehead atoms. The maximum absolute atomic E-state index is 13.1. The van der Waals surface area contributed by atoms with E-state index in [0.717, 1.165) is 12.7 Å². The average molecular weight is 439 g/mol. The van der Waals surface area contributed by atoms with E-state index in [-0.39, 0.29) is 22.0 Å². The standard InChI is InChI=1S/C22H22N4O4S/c1-4-14-12-15-13-23-21(24-16-7-9-17(10-8-16)31(3,29)30)25-19(15)26(20(14)27)18-6-5-11-22(18,2)28/h1,7-10,12-13,18,28H,5-6,11H2,2-3H3,(H,23,24,25)/t18-,22-/m1/s1. The van der Waals surface area contributed by atoms with Crippen LogP contribution in [-0.2, 0) is 9.84 Å². The van der Waals surface area contributed by atoms with Crippen molar-refractivity contribution in [3.8, 4) is 12.3 Å². The first-order valence-corrected chi connectivity index (χ1v) is 11.7. The molecule has 9 heteroatoms. The highest BCUT2D eigenvalue weighted by Gasteiger charge is 2.39. The van der Waals surface area contributed by atoms with Crippen LogP contribution in [-0.4, -0.2) is 39.9 Å². The average Bonchev–Trinajstić information content (AvgIpc) is 3.06. The maximum Gasteiger partial charge on any atom is 0.268 e. The maximum atomic E-state index is 13.1. The number of aliphatic hydroxyl groups is 1. The number of terminal acetylenes is 1. The molecule has 2 N–H and O–H groups in total. The number of nitrogens with one attached hydrogen (secondary N) is 1. The van der Waals surface area contributed by atoms with Crippen LogP contribution < -0.4 is 10.9 Å². The fraction of sp³-hybridized carbons (Fsp3) is 0.318. The first-order chi connectivity index (χ1) is 14.6. The Labute approximate surface area is 179 Å². The zero-order valence-electron chi connectivity index (χ0n) is 17.2. The Morgan fingerprint density at radius 3 is 2.61 bits per heavy atom. The highest BCUT2D eigenvalue weighted by molar-refractivity contribution is 7.90. The van der Waals surface area contributed by atoms with Gasteiger partial charge in [0.15, 0.2) is 9.84 Å². The van der Waals surface area contributed by atoms with Crippen LogP contribution in [0.25, 0.3) is 11.0 Å². The predicted octanol–water partition coefficient (Wildman–Crippen LogP) is 2.40. The van der Waals surface area contributed by atoms with Gasteiger partial charge in [-0.3, -0.25) is 9.36 Å². The quantitative estimate of drug-likeness (QED) is 0.601. The largest absolute Gasteiger partial charge is 0.388 e. The summed E-state index contributed by atoms with van der Waals surface area (Å²) in [5.41, 5.74) is -0.264. The van der Waals surface area contributed by atoms with Crippen LogP contribution >= 0.6 is 0 Å². The van der Waals surface area contributed by atoms with E-state index in [1.54, 1.807) is 31.3 Å². The molecule has 0 amide bonds. The molecule has 0 radical (unpaired) electrons. The molecule has 160 valence electrons. The smallest absolute Gasteiger partial charge is 0.268 e. The van der Waals surface area contributed by atoms with E-state index in [9.17, 15) is 18.3 Å². The third-order valence-corrected chi connectivity index (χ3v) is 6.79. The Kier molecular flexibility index (Phi) is 5.07. The molecular weight excluding hydrogens is 416 g/mol. The molecule has 8 nitrogen and oxygen atoms in total. The highest BCUT2D eigenvalue weighted by Crippen LogP contribution is 2.39. The summed E-state index contributed by atoms with van der Waals surface area (Å²) in [5.74, 6) is 2.65. The van der Waals surface area contributed by atoms with Crippen LogP contribution in [0.1, 0.15) is 37.8 Å². The molecular formula is C22H22N4O4S. The SMILES string of the molecule is C#Cc1cc2cnc(Nc3ccc(S(C)(=O)=O)cc3)nc2n([C@@H]2CCC[C@@]2(C)O)c1=O. The van der Waals surface area contributed by atoms with Crippen molar-refractivity contribution in [2.24, 2.45) is 0 Å². The van der Waals surface area contributed by atoms with Crippen molar-refractivity contribution < 1.29 is 13.5 Å². The lowest BCUT2D eigenvalue weighted by Gasteiger charge is -2.28. The number of sulfone groups is 1. The Bertz CT molecular complexity index is 1370. The summed E-state index contributed by atoms with van der Waals surface area (Å²) in [6.07, 6.45) is 10.2. The molecule has 1 saturated carbocycles. The molecule has 4 rings (SSSR count). The van der Waals surface area contributed by atoms with Gasteiger partial charge in [0.05, 0.1) is 22.1 Å². The summed E-state index contributed by atoms with van der Waals surface area (Å²) in [5, 5.41) is 14.4. The summed E-state index contributed by atoms with van der Waals surface area (Å²) >= 11 is 0. The van der Waals surface area contributed by atoms with Crippen molar-refractivity contribution in [3.05, 3.63) is 52.4 Å². The van der Waals surface area contributed by atoms with Crippen molar-refractivity contribution in [2.75, 3.05) is 11.6 Å². The second-order valence-corrected chi connectivity index (χ2v) is 10.1. The Morgan fingerprint density at radius 2 is 2.03 bits per heavy atom. The summed E-state index contributed by atoms with van der Waals surface area (Å²) < 4.78 is 24.8. The number of rotatable bonds is 4. The van der Waals surface area contributed by atoms with E-state index < -0.39 is 21.5 Å². The van der Waals surface area contributed by atoms with Crippen molar-refractivity contribution in [3.63, 3.8) is 0 Å². The van der Waals surface area contributed by atoms with Gasteiger partial charge in [0.25, 0.3) is 5.56 Å². The van der Waals surface area contributed by atoms with Crippen LogP contribution in [0, 0.1) is 12.3 Å². The second kappa shape index (κ2) is 7.48. The second-order valence-electron chi connectivity index (χ2n) is 8.04. The number of pyridine rings is 1. The summed E-state index contributed by atoms with van der Waals surface area (Å²) in [6, 6.07) is 7.32. The Morgan fingerprint density at radius 1 is 1.32 bits per heavy atom. The van der Waals surface area contributed by atoms with Crippen LogP contribution in [0.3, 0.4) is 0 Å². The van der Waals surface area contributed by atoms with Gasteiger partial charge in [0.2, 0.25) is 5.95 Å². The minimum atomic E-state index is -3.30. The number of hydrogen-bond acceptors (Lipinski definition) is 7. The number of benzene rings is 1. The van der Waals surface area contributed by atoms with Gasteiger partial charge in [-0.15, -0.1) is 6.42 Å². The Hall–Kier alpha value is -3.22. The van der Waals surface area contributed by atoms with Crippen molar-refractivity contribution in [1.29, 1.82) is 0 Å². The summed E-state index contributed by atoms with van der Waals surface area (Å²) in [7, 11) is -3.30. The topological polar surface area (TPSA) is 114 Å². The molecule has 0 unspecified atom stereocenters. The third-order valence-electron chi connectivity index (χ3n) is 5.66. The molecule has 0 saturated heterocycles. The first-order valence-electron chi connectivity index (χ1n) is 9.78. The van der Waals surface area contributed by atoms with Gasteiger partial charge in [-0.25, -0.2) is 13.4 Å². The zero-order chi connectivity index (χ0) is 22.4. The van der Waals surface area contributed by atoms with Crippen molar-refractivity contribution in [2.45, 2.75) is 42.7 Å². The van der Waals surface area contributed by atoms with Crippen molar-refractivity contribution >= 4 is 32.5 Å². The minimum Gasteiger partial charge on any atom is -0.388 e. The van der Waals surface area contributed by atoms with Crippen molar-refractivity contribution in [1.82, 2.24) is 14.5 Å². The fourth-order valence-electron chi connectivity index (χ4n) is 4.03. The van der Waals surface area contributed by atoms with Gasteiger partial charge in [-0.1, -0.05) is 5.92 Å². The van der Waals surface area contributed by atoms with Gasteiger partial charge < -0.3 is 10.4 Å². The number of fused-ring (bicyclic) bond motifs is 1. The number of nitrogens with zero attached hydrogens (tertiary/aromatic N) is 3. The van der Waals surface area contributed by atoms with E-state index in [1.807, 2.05) is 0 Å². The lowest BCUT2D eigenvalue weighted by Crippen LogP contribution is -2.38. The van der Waals surface area contributed by atoms with Gasteiger partial charge >= 0.3 is 0 Å². The molecule has 1 aliphatic carbocycles. The number of anilines is 2. The van der Waals surface area contributed by atoms with Gasteiger partial charge in [0, 0.05) is 23.5 Å². The van der Waals surface area contributed by atoms with E-state index >= 15 is 0 Å². The van der Waals surface area contributed by atoms with Gasteiger partial charge in [-0.2, -0.15) is 4.98 Å². The summed E-state index contributed by atoms with van der Waals surface area (Å²) in [6.45, 7) is 1.72. The van der Waals surface area contributed by atoms with Gasteiger partial charge in [0.1, 0.15) is 5.65 Å². The van der Waals surface area contributed by atoms with Crippen LogP contribution in [0.15, 0.2) is 46.2 Å². The number of aromatic nitrogens is 3. The van der Waals surface area contributed by atoms with Gasteiger partial charge in [-0.05, 0) is 56.5 Å². The molecule has 0 spiro atoms. The van der Waals surface area contributed by atoms with Crippen LogP contribution in [0.4, 0.5) is 11.6 Å². The zero-order valence-corrected chi connectivity index (χ0v) is 18.0. The molecule has 2 atom stereocenters. The third kappa shape index (κ3) is 3.92. The molecule has 1 aromatic carbocycles. The van der Waals surface area contributed by atoms with E-state index in [4.69, 9.17) is 6.42 Å². The molecule has 1 aliphatic rings. The Balaban J connectivity index is 1.81. The minimum absolute atomic E-state index is 0.191. The van der Waals surface area contributed by atoms with Crippen LogP contribution in [0.5, 0.6) is 0 Å². The molecule has 1 fully saturated rings. The number of hydrogen-bond donors (Lipinski definition) is 2. The highest BCUT2D eigenvalue weighted by atomic mass is 32.2. The fourth-order valence-corrected chi connectivity index (χ4v) is 4.66. The predicted molar refractivity (Wildman–Crippen MR) is 118 cm³/mol. The lowest BCUT2D eigenvalue weighted by atomic mass is 9.99. The molecule has 0 aliphatic heterocycles. The van der Waals surface area contributed by atoms with E-state index in [0.29, 0.717) is 29.6 Å². The van der Waals surface area contributed by atoms with E-state index in [2.05, 4.69) is 21.2 Å². The molecule has 31 heavy (non-hydrogen) atoms. The molecule has 2 heterocycles. The first kappa shape index (κ1) is 21.0. The molecule has 3 aromatic rings. The summed E-state index contributed by atoms with van der Waals surface area (Å²) in [4.78, 5) is 22.1. The lowest BCUT2D eigenvalue weighted by molar-refractivity contribution is 0.0266. The monoisotopic (exact) mass is 438 g/mol. The molecule has 2 aromatic heterocycles. The normalized spacial score (nSPS) is 21.2. The van der Waals surface area contributed by atoms with E-state index in [1.165, 1.54) is 16.7 Å². The van der Waals surface area contributed by atoms with Crippen LogP contribution in [0.2, 0.25) is 0 Å².